The van der Waals surface area contributed by atoms with E-state index >= 15 is 0 Å². The van der Waals surface area contributed by atoms with E-state index in [2.05, 4.69) is 5.32 Å². The first-order valence-corrected chi connectivity index (χ1v) is 6.37. The fraction of sp³-hybridized carbons (Fsp3) is 0.500. The normalized spacial score (nSPS) is 19.1. The molecule has 0 bridgehead atoms. The van der Waals surface area contributed by atoms with Crippen LogP contribution in [0.15, 0.2) is 18.2 Å². The molecule has 1 aromatic rings. The lowest BCUT2D eigenvalue weighted by atomic mass is 10.1. The Labute approximate surface area is 108 Å². The van der Waals surface area contributed by atoms with Crippen LogP contribution in [0.2, 0.25) is 0 Å². The zero-order chi connectivity index (χ0) is 13.1. The van der Waals surface area contributed by atoms with E-state index in [-0.39, 0.29) is 18.6 Å². The minimum absolute atomic E-state index is 0.0131. The van der Waals surface area contributed by atoms with Crippen LogP contribution in [0.25, 0.3) is 0 Å². The summed E-state index contributed by atoms with van der Waals surface area (Å²) in [6.07, 6.45) is 1.88. The highest BCUT2D eigenvalue weighted by molar-refractivity contribution is 5.96. The van der Waals surface area contributed by atoms with Crippen molar-refractivity contribution in [3.8, 4) is 0 Å². The summed E-state index contributed by atoms with van der Waals surface area (Å²) in [5.74, 6) is 0.0340. The Morgan fingerprint density at radius 3 is 2.94 bits per heavy atom. The molecule has 4 nitrogen and oxygen atoms in total. The SMILES string of the molecule is CNc1ccc(C(=O)N2CCCC2CO)c(C)c1. The molecule has 0 radical (unpaired) electrons. The molecule has 1 aromatic carbocycles. The number of aryl methyl sites for hydroxylation is 1. The Bertz CT molecular complexity index is 445. The predicted molar refractivity (Wildman–Crippen MR) is 71.9 cm³/mol. The molecular formula is C14H20N2O2. The molecule has 1 saturated heterocycles. The fourth-order valence-electron chi connectivity index (χ4n) is 2.51. The first-order chi connectivity index (χ1) is 8.67. The fourth-order valence-corrected chi connectivity index (χ4v) is 2.51. The molecule has 0 aromatic heterocycles. The van der Waals surface area contributed by atoms with Gasteiger partial charge >= 0.3 is 0 Å². The molecule has 18 heavy (non-hydrogen) atoms. The van der Waals surface area contributed by atoms with E-state index in [0.717, 1.165) is 36.2 Å². The molecule has 1 aliphatic heterocycles. The van der Waals surface area contributed by atoms with Gasteiger partial charge in [-0.25, -0.2) is 0 Å². The summed E-state index contributed by atoms with van der Waals surface area (Å²) in [6, 6.07) is 5.72. The van der Waals surface area contributed by atoms with Gasteiger partial charge in [-0.1, -0.05) is 0 Å². The third-order valence-electron chi connectivity index (χ3n) is 3.59. The highest BCUT2D eigenvalue weighted by Gasteiger charge is 2.29. The zero-order valence-electron chi connectivity index (χ0n) is 10.9. The number of nitrogens with zero attached hydrogens (tertiary/aromatic N) is 1. The Hall–Kier alpha value is -1.55. The van der Waals surface area contributed by atoms with Gasteiger partial charge in [0.25, 0.3) is 5.91 Å². The predicted octanol–water partition coefficient (Wildman–Crippen LogP) is 1.63. The van der Waals surface area contributed by atoms with Crippen molar-refractivity contribution in [2.45, 2.75) is 25.8 Å². The Balaban J connectivity index is 2.23. The molecule has 2 N–H and O–H groups in total. The third kappa shape index (κ3) is 2.34. The topological polar surface area (TPSA) is 52.6 Å². The van der Waals surface area contributed by atoms with Crippen LogP contribution in [0, 0.1) is 6.92 Å². The summed E-state index contributed by atoms with van der Waals surface area (Å²) < 4.78 is 0. The molecule has 1 unspecified atom stereocenters. The van der Waals surface area contributed by atoms with E-state index in [1.165, 1.54) is 0 Å². The van der Waals surface area contributed by atoms with E-state index in [1.54, 1.807) is 4.90 Å². The Kier molecular flexibility index (Phi) is 3.87. The molecule has 0 spiro atoms. The van der Waals surface area contributed by atoms with Crippen molar-refractivity contribution in [3.05, 3.63) is 29.3 Å². The number of aliphatic hydroxyl groups excluding tert-OH is 1. The van der Waals surface area contributed by atoms with E-state index in [4.69, 9.17) is 0 Å². The highest BCUT2D eigenvalue weighted by Crippen LogP contribution is 2.22. The van der Waals surface area contributed by atoms with E-state index in [1.807, 2.05) is 32.2 Å². The number of anilines is 1. The zero-order valence-corrected chi connectivity index (χ0v) is 10.9. The van der Waals surface area contributed by atoms with Crippen LogP contribution in [0.5, 0.6) is 0 Å². The number of rotatable bonds is 3. The van der Waals surface area contributed by atoms with Gasteiger partial charge in [-0.15, -0.1) is 0 Å². The number of hydrogen-bond acceptors (Lipinski definition) is 3. The summed E-state index contributed by atoms with van der Waals surface area (Å²) in [5, 5.41) is 12.3. The molecule has 1 aliphatic rings. The Morgan fingerprint density at radius 2 is 2.33 bits per heavy atom. The monoisotopic (exact) mass is 248 g/mol. The number of benzene rings is 1. The van der Waals surface area contributed by atoms with Crippen LogP contribution < -0.4 is 5.32 Å². The van der Waals surface area contributed by atoms with Gasteiger partial charge in [0.15, 0.2) is 0 Å². The van der Waals surface area contributed by atoms with E-state index in [0.29, 0.717) is 0 Å². The molecule has 1 heterocycles. The van der Waals surface area contributed by atoms with Crippen LogP contribution >= 0.6 is 0 Å². The molecule has 98 valence electrons. The van der Waals surface area contributed by atoms with Gasteiger partial charge in [-0.2, -0.15) is 0 Å². The van der Waals surface area contributed by atoms with Crippen molar-refractivity contribution in [1.82, 2.24) is 4.90 Å². The highest BCUT2D eigenvalue weighted by atomic mass is 16.3. The van der Waals surface area contributed by atoms with Gasteiger partial charge in [0.05, 0.1) is 12.6 Å². The van der Waals surface area contributed by atoms with Crippen molar-refractivity contribution in [3.63, 3.8) is 0 Å². The lowest BCUT2D eigenvalue weighted by Gasteiger charge is -2.24. The summed E-state index contributed by atoms with van der Waals surface area (Å²) in [5.41, 5.74) is 2.70. The van der Waals surface area contributed by atoms with Crippen molar-refractivity contribution < 1.29 is 9.90 Å². The molecule has 0 saturated carbocycles. The van der Waals surface area contributed by atoms with Gasteiger partial charge in [0, 0.05) is 24.8 Å². The van der Waals surface area contributed by atoms with Crippen molar-refractivity contribution in [2.24, 2.45) is 0 Å². The number of nitrogens with one attached hydrogen (secondary N) is 1. The van der Waals surface area contributed by atoms with Crippen molar-refractivity contribution >= 4 is 11.6 Å². The lowest BCUT2D eigenvalue weighted by Crippen LogP contribution is -2.37. The maximum absolute atomic E-state index is 12.4. The molecule has 1 atom stereocenters. The van der Waals surface area contributed by atoms with Crippen molar-refractivity contribution in [2.75, 3.05) is 25.5 Å². The second-order valence-electron chi connectivity index (χ2n) is 4.76. The average Bonchev–Trinajstić information content (AvgIpc) is 2.86. The Morgan fingerprint density at radius 1 is 1.56 bits per heavy atom. The number of aliphatic hydroxyl groups is 1. The molecule has 1 amide bonds. The van der Waals surface area contributed by atoms with Crippen LogP contribution in [0.4, 0.5) is 5.69 Å². The molecule has 4 heteroatoms. The van der Waals surface area contributed by atoms with Gasteiger partial charge in [0.1, 0.15) is 0 Å². The minimum Gasteiger partial charge on any atom is -0.394 e. The van der Waals surface area contributed by atoms with Crippen LogP contribution in [0.1, 0.15) is 28.8 Å². The summed E-state index contributed by atoms with van der Waals surface area (Å²) in [6.45, 7) is 2.74. The van der Waals surface area contributed by atoms with Crippen LogP contribution in [-0.4, -0.2) is 42.2 Å². The van der Waals surface area contributed by atoms with Gasteiger partial charge < -0.3 is 15.3 Å². The molecule has 1 fully saturated rings. The molecule has 0 aliphatic carbocycles. The number of carbonyl (C=O) groups excluding carboxylic acids is 1. The number of carbonyl (C=O) groups is 1. The van der Waals surface area contributed by atoms with Gasteiger partial charge in [-0.3, -0.25) is 4.79 Å². The number of likely N-dealkylation sites (tertiary alicyclic amines) is 1. The quantitative estimate of drug-likeness (QED) is 0.855. The summed E-state index contributed by atoms with van der Waals surface area (Å²) in [7, 11) is 1.86. The largest absolute Gasteiger partial charge is 0.394 e. The minimum atomic E-state index is -0.0131. The third-order valence-corrected chi connectivity index (χ3v) is 3.59. The first-order valence-electron chi connectivity index (χ1n) is 6.37. The smallest absolute Gasteiger partial charge is 0.254 e. The maximum atomic E-state index is 12.4. The second kappa shape index (κ2) is 5.40. The van der Waals surface area contributed by atoms with E-state index < -0.39 is 0 Å². The van der Waals surface area contributed by atoms with Crippen molar-refractivity contribution in [1.29, 1.82) is 0 Å². The standard InChI is InChI=1S/C14H20N2O2/c1-10-8-11(15-2)5-6-13(10)14(18)16-7-3-4-12(16)9-17/h5-6,8,12,15,17H,3-4,7,9H2,1-2H3. The van der Waals surface area contributed by atoms with Crippen LogP contribution in [0.3, 0.4) is 0 Å². The number of amides is 1. The summed E-state index contributed by atoms with van der Waals surface area (Å²) in [4.78, 5) is 14.2. The average molecular weight is 248 g/mol. The van der Waals surface area contributed by atoms with E-state index in [9.17, 15) is 9.90 Å². The van der Waals surface area contributed by atoms with Gasteiger partial charge in [0.2, 0.25) is 0 Å². The molecular weight excluding hydrogens is 228 g/mol. The van der Waals surface area contributed by atoms with Gasteiger partial charge in [-0.05, 0) is 43.5 Å². The number of hydrogen-bond donors (Lipinski definition) is 2. The second-order valence-corrected chi connectivity index (χ2v) is 4.76. The lowest BCUT2D eigenvalue weighted by molar-refractivity contribution is 0.0677. The maximum Gasteiger partial charge on any atom is 0.254 e. The summed E-state index contributed by atoms with van der Waals surface area (Å²) >= 11 is 0. The molecule has 2 rings (SSSR count). The first kappa shape index (κ1) is 12.9. The van der Waals surface area contributed by atoms with Crippen LogP contribution in [-0.2, 0) is 0 Å².